The predicted molar refractivity (Wildman–Crippen MR) is 62.0 cm³/mol. The van der Waals surface area contributed by atoms with Gasteiger partial charge in [-0.1, -0.05) is 11.3 Å². The molecular weight excluding hydrogens is 250 g/mol. The highest BCUT2D eigenvalue weighted by Crippen LogP contribution is 2.11. The first-order chi connectivity index (χ1) is 7.51. The first-order valence-electron chi connectivity index (χ1n) is 4.70. The summed E-state index contributed by atoms with van der Waals surface area (Å²) < 4.78 is 26.9. The number of nitrogens with zero attached hydrogens (tertiary/aromatic N) is 2. The van der Waals surface area contributed by atoms with Gasteiger partial charge in [-0.15, -0.1) is 10.2 Å². The number of hydrogen-bond acceptors (Lipinski definition) is 7. The van der Waals surface area contributed by atoms with Gasteiger partial charge in [-0.25, -0.2) is 8.42 Å². The quantitative estimate of drug-likeness (QED) is 0.689. The molecule has 8 heteroatoms. The van der Waals surface area contributed by atoms with Gasteiger partial charge in [0.2, 0.25) is 0 Å². The monoisotopic (exact) mass is 265 g/mol. The summed E-state index contributed by atoms with van der Waals surface area (Å²) in [6, 6.07) is 0. The van der Waals surface area contributed by atoms with Crippen molar-refractivity contribution >= 4 is 21.2 Å². The lowest BCUT2D eigenvalue weighted by molar-refractivity contribution is 0.199. The van der Waals surface area contributed by atoms with Gasteiger partial charge in [0.15, 0.2) is 9.84 Å². The second kappa shape index (κ2) is 6.24. The van der Waals surface area contributed by atoms with Crippen LogP contribution in [0.5, 0.6) is 0 Å². The summed E-state index contributed by atoms with van der Waals surface area (Å²) in [5, 5.41) is 12.1. The Morgan fingerprint density at radius 2 is 2.06 bits per heavy atom. The van der Waals surface area contributed by atoms with E-state index in [1.165, 1.54) is 17.6 Å². The summed E-state index contributed by atoms with van der Waals surface area (Å²) in [5.74, 6) is -0.0390. The third kappa shape index (κ3) is 5.50. The van der Waals surface area contributed by atoms with Gasteiger partial charge >= 0.3 is 0 Å². The molecule has 1 heterocycles. The molecule has 0 aliphatic carbocycles. The molecule has 0 spiro atoms. The van der Waals surface area contributed by atoms with Gasteiger partial charge in [0.25, 0.3) is 0 Å². The zero-order valence-corrected chi connectivity index (χ0v) is 10.9. The Bertz CT molecular complexity index is 416. The van der Waals surface area contributed by atoms with Crippen LogP contribution in [0.4, 0.5) is 0 Å². The van der Waals surface area contributed by atoms with Crippen LogP contribution in [0.25, 0.3) is 0 Å². The van der Waals surface area contributed by atoms with Crippen molar-refractivity contribution in [3.63, 3.8) is 0 Å². The van der Waals surface area contributed by atoms with E-state index in [-0.39, 0.29) is 5.75 Å². The van der Waals surface area contributed by atoms with E-state index >= 15 is 0 Å². The van der Waals surface area contributed by atoms with E-state index in [2.05, 4.69) is 15.5 Å². The van der Waals surface area contributed by atoms with Crippen LogP contribution >= 0.6 is 11.3 Å². The highest BCUT2D eigenvalue weighted by Gasteiger charge is 2.10. The molecule has 1 N–H and O–H groups in total. The Labute approximate surface area is 99.0 Å². The second-order valence-electron chi connectivity index (χ2n) is 3.33. The highest BCUT2D eigenvalue weighted by atomic mass is 32.2. The molecule has 0 bridgehead atoms. The molecule has 0 aliphatic heterocycles. The smallest absolute Gasteiger partial charge is 0.154 e. The van der Waals surface area contributed by atoms with Crippen molar-refractivity contribution in [1.29, 1.82) is 0 Å². The molecule has 0 amide bonds. The van der Waals surface area contributed by atoms with Crippen molar-refractivity contribution in [3.8, 4) is 0 Å². The minimum Gasteiger partial charge on any atom is -0.383 e. The third-order valence-corrected chi connectivity index (χ3v) is 3.56. The van der Waals surface area contributed by atoms with Crippen molar-refractivity contribution in [2.75, 3.05) is 26.5 Å². The molecule has 0 saturated heterocycles. The summed E-state index contributed by atoms with van der Waals surface area (Å²) in [4.78, 5) is 0. The van der Waals surface area contributed by atoms with E-state index in [9.17, 15) is 8.42 Å². The van der Waals surface area contributed by atoms with Gasteiger partial charge < -0.3 is 10.1 Å². The SMILES string of the molecule is COCCNCc1nnc(CS(C)(=O)=O)s1. The summed E-state index contributed by atoms with van der Waals surface area (Å²) in [6.45, 7) is 1.96. The lowest BCUT2D eigenvalue weighted by Crippen LogP contribution is -2.18. The molecule has 0 atom stereocenters. The normalized spacial score (nSPS) is 11.9. The molecule has 0 aliphatic rings. The minimum absolute atomic E-state index is 0.0390. The summed E-state index contributed by atoms with van der Waals surface area (Å²) in [6.07, 6.45) is 1.19. The second-order valence-corrected chi connectivity index (χ2v) is 6.62. The number of rotatable bonds is 7. The Morgan fingerprint density at radius 3 is 2.69 bits per heavy atom. The van der Waals surface area contributed by atoms with Gasteiger partial charge in [0.1, 0.15) is 15.8 Å². The van der Waals surface area contributed by atoms with Crippen LogP contribution in [0.15, 0.2) is 0 Å². The van der Waals surface area contributed by atoms with Crippen molar-refractivity contribution in [2.24, 2.45) is 0 Å². The van der Waals surface area contributed by atoms with Crippen LogP contribution < -0.4 is 5.32 Å². The first-order valence-corrected chi connectivity index (χ1v) is 7.57. The number of nitrogens with one attached hydrogen (secondary N) is 1. The van der Waals surface area contributed by atoms with Crippen LogP contribution in [0.3, 0.4) is 0 Å². The van der Waals surface area contributed by atoms with Gasteiger partial charge in [0.05, 0.1) is 6.61 Å². The fourth-order valence-corrected chi connectivity index (χ4v) is 3.01. The lowest BCUT2D eigenvalue weighted by atomic mass is 10.6. The molecule has 16 heavy (non-hydrogen) atoms. The summed E-state index contributed by atoms with van der Waals surface area (Å²) in [5.41, 5.74) is 0. The Hall–Kier alpha value is -0.570. The number of ether oxygens (including phenoxy) is 1. The first kappa shape index (κ1) is 13.5. The number of hydrogen-bond donors (Lipinski definition) is 1. The molecule has 0 saturated carbocycles. The van der Waals surface area contributed by atoms with Gasteiger partial charge in [-0.2, -0.15) is 0 Å². The van der Waals surface area contributed by atoms with Crippen molar-refractivity contribution in [1.82, 2.24) is 15.5 Å². The molecule has 0 fully saturated rings. The number of aromatic nitrogens is 2. The third-order valence-electron chi connectivity index (χ3n) is 1.65. The maximum Gasteiger partial charge on any atom is 0.154 e. The fraction of sp³-hybridized carbons (Fsp3) is 0.750. The average molecular weight is 265 g/mol. The fourth-order valence-electron chi connectivity index (χ4n) is 1.01. The van der Waals surface area contributed by atoms with Gasteiger partial charge in [0, 0.05) is 26.5 Å². The molecule has 92 valence electrons. The van der Waals surface area contributed by atoms with Crippen LogP contribution in [0.2, 0.25) is 0 Å². The molecule has 0 aromatic carbocycles. The summed E-state index contributed by atoms with van der Waals surface area (Å²) >= 11 is 1.31. The molecule has 1 aromatic heterocycles. The molecule has 0 radical (unpaired) electrons. The van der Waals surface area contributed by atoms with Crippen LogP contribution in [0, 0.1) is 0 Å². The predicted octanol–water partition coefficient (Wildman–Crippen LogP) is -0.181. The van der Waals surface area contributed by atoms with E-state index in [1.807, 2.05) is 0 Å². The van der Waals surface area contributed by atoms with E-state index < -0.39 is 9.84 Å². The van der Waals surface area contributed by atoms with E-state index in [1.54, 1.807) is 7.11 Å². The standard InChI is InChI=1S/C8H15N3O3S2/c1-14-4-3-9-5-7-10-11-8(15-7)6-16(2,12)13/h9H,3-6H2,1-2H3. The maximum atomic E-state index is 11.0. The Balaban J connectivity index is 2.40. The maximum absolute atomic E-state index is 11.0. The highest BCUT2D eigenvalue weighted by molar-refractivity contribution is 7.90. The van der Waals surface area contributed by atoms with Crippen LogP contribution in [-0.4, -0.2) is 45.1 Å². The Morgan fingerprint density at radius 1 is 1.38 bits per heavy atom. The topological polar surface area (TPSA) is 81.2 Å². The van der Waals surface area contributed by atoms with Gasteiger partial charge in [-0.3, -0.25) is 0 Å². The van der Waals surface area contributed by atoms with E-state index in [0.717, 1.165) is 11.6 Å². The number of methoxy groups -OCH3 is 1. The Kier molecular flexibility index (Phi) is 5.26. The average Bonchev–Trinajstić information content (AvgIpc) is 2.58. The van der Waals surface area contributed by atoms with E-state index in [0.29, 0.717) is 18.2 Å². The van der Waals surface area contributed by atoms with Crippen LogP contribution in [0.1, 0.15) is 10.0 Å². The van der Waals surface area contributed by atoms with Crippen molar-refractivity contribution < 1.29 is 13.2 Å². The van der Waals surface area contributed by atoms with Crippen molar-refractivity contribution in [2.45, 2.75) is 12.3 Å². The summed E-state index contributed by atoms with van der Waals surface area (Å²) in [7, 11) is -1.39. The lowest BCUT2D eigenvalue weighted by Gasteiger charge is -1.99. The van der Waals surface area contributed by atoms with Crippen molar-refractivity contribution in [3.05, 3.63) is 10.0 Å². The molecule has 1 rings (SSSR count). The van der Waals surface area contributed by atoms with Crippen LogP contribution in [-0.2, 0) is 26.9 Å². The van der Waals surface area contributed by atoms with E-state index in [4.69, 9.17) is 4.74 Å². The zero-order chi connectivity index (χ0) is 12.0. The molecular formula is C8H15N3O3S2. The molecule has 0 unspecified atom stereocenters. The minimum atomic E-state index is -3.03. The van der Waals surface area contributed by atoms with Gasteiger partial charge in [-0.05, 0) is 0 Å². The number of sulfone groups is 1. The molecule has 6 nitrogen and oxygen atoms in total. The largest absolute Gasteiger partial charge is 0.383 e. The zero-order valence-electron chi connectivity index (χ0n) is 9.26. The molecule has 1 aromatic rings.